The van der Waals surface area contributed by atoms with Crippen molar-refractivity contribution in [3.8, 4) is 0 Å². The molecule has 0 saturated heterocycles. The Balaban J connectivity index is 0. The van der Waals surface area contributed by atoms with E-state index in [-0.39, 0.29) is 30.8 Å². The van der Waals surface area contributed by atoms with Crippen molar-refractivity contribution in [2.75, 3.05) is 31.6 Å². The van der Waals surface area contributed by atoms with Crippen LogP contribution in [0.2, 0.25) is 0 Å². The van der Waals surface area contributed by atoms with Crippen LogP contribution in [0.15, 0.2) is 0 Å². The lowest BCUT2D eigenvalue weighted by Crippen LogP contribution is -2.48. The second-order valence-corrected chi connectivity index (χ2v) is 4.04. The van der Waals surface area contributed by atoms with Crippen molar-refractivity contribution in [1.82, 2.24) is 16.0 Å². The Morgan fingerprint density at radius 3 is 2.35 bits per heavy atom. The Morgan fingerprint density at radius 1 is 1.24 bits per heavy atom. The summed E-state index contributed by atoms with van der Waals surface area (Å²) < 4.78 is 0. The molecule has 0 aromatic carbocycles. The summed E-state index contributed by atoms with van der Waals surface area (Å²) in [5.41, 5.74) is 0. The first-order chi connectivity index (χ1) is 7.65. The smallest absolute Gasteiger partial charge is 0.242 e. The van der Waals surface area contributed by atoms with Crippen molar-refractivity contribution in [2.24, 2.45) is 0 Å². The average Bonchev–Trinajstić information content (AvgIpc) is 2.28. The maximum absolute atomic E-state index is 11.4. The SMILES string of the molecule is CNC(=O)[C@H](CCS)NC(=O)CNCCS.Cl. The first-order valence-corrected chi connectivity index (χ1v) is 6.35. The molecule has 0 aliphatic rings. The van der Waals surface area contributed by atoms with Crippen LogP contribution in [0.3, 0.4) is 0 Å². The van der Waals surface area contributed by atoms with Crippen molar-refractivity contribution in [3.63, 3.8) is 0 Å². The lowest BCUT2D eigenvalue weighted by atomic mass is 10.2. The lowest BCUT2D eigenvalue weighted by Gasteiger charge is -2.16. The van der Waals surface area contributed by atoms with Gasteiger partial charge in [-0.25, -0.2) is 0 Å². The Hall–Kier alpha value is -0.110. The van der Waals surface area contributed by atoms with Gasteiger partial charge in [-0.1, -0.05) is 0 Å². The normalized spacial score (nSPS) is 11.2. The Morgan fingerprint density at radius 2 is 1.88 bits per heavy atom. The van der Waals surface area contributed by atoms with E-state index in [9.17, 15) is 9.59 Å². The molecule has 0 rings (SSSR count). The minimum atomic E-state index is -0.507. The fourth-order valence-electron chi connectivity index (χ4n) is 1.10. The number of amides is 2. The highest BCUT2D eigenvalue weighted by Crippen LogP contribution is 1.94. The molecule has 1 atom stereocenters. The van der Waals surface area contributed by atoms with Crippen LogP contribution in [0.1, 0.15) is 6.42 Å². The van der Waals surface area contributed by atoms with Gasteiger partial charge in [0.25, 0.3) is 0 Å². The fourth-order valence-corrected chi connectivity index (χ4v) is 1.51. The third-order valence-corrected chi connectivity index (χ3v) is 2.37. The van der Waals surface area contributed by atoms with Gasteiger partial charge >= 0.3 is 0 Å². The minimum absolute atomic E-state index is 0. The van der Waals surface area contributed by atoms with E-state index < -0.39 is 6.04 Å². The minimum Gasteiger partial charge on any atom is -0.357 e. The summed E-state index contributed by atoms with van der Waals surface area (Å²) in [6, 6.07) is -0.507. The average molecular weight is 302 g/mol. The van der Waals surface area contributed by atoms with Gasteiger partial charge in [0.1, 0.15) is 6.04 Å². The van der Waals surface area contributed by atoms with Gasteiger partial charge in [-0.15, -0.1) is 12.4 Å². The predicted octanol–water partition coefficient (Wildman–Crippen LogP) is -0.522. The second kappa shape index (κ2) is 12.3. The van der Waals surface area contributed by atoms with E-state index >= 15 is 0 Å². The highest BCUT2D eigenvalue weighted by Gasteiger charge is 2.18. The second-order valence-electron chi connectivity index (χ2n) is 3.15. The van der Waals surface area contributed by atoms with Crippen LogP contribution in [0, 0.1) is 0 Å². The molecule has 3 N–H and O–H groups in total. The number of likely N-dealkylation sites (N-methyl/N-ethyl adjacent to an activating group) is 1. The Labute approximate surface area is 119 Å². The molecule has 0 saturated carbocycles. The van der Waals surface area contributed by atoms with Crippen LogP contribution in [-0.4, -0.2) is 49.5 Å². The van der Waals surface area contributed by atoms with E-state index in [1.165, 1.54) is 0 Å². The standard InChI is InChI=1S/C9H19N3O2S2.ClH/c1-10-9(14)7(2-4-15)12-8(13)6-11-3-5-16;/h7,11,15-16H,2-6H2,1H3,(H,10,14)(H,12,13);1H/t7-;/m0./s1. The Kier molecular flexibility index (Phi) is 14.0. The van der Waals surface area contributed by atoms with Crippen molar-refractivity contribution < 1.29 is 9.59 Å². The van der Waals surface area contributed by atoms with Crippen molar-refractivity contribution in [3.05, 3.63) is 0 Å². The molecule has 2 amide bonds. The number of nitrogens with one attached hydrogen (secondary N) is 3. The number of hydrogen-bond acceptors (Lipinski definition) is 5. The van der Waals surface area contributed by atoms with Gasteiger partial charge in [-0.05, 0) is 12.2 Å². The van der Waals surface area contributed by atoms with Gasteiger partial charge < -0.3 is 16.0 Å². The van der Waals surface area contributed by atoms with Gasteiger partial charge in [0.05, 0.1) is 6.54 Å². The van der Waals surface area contributed by atoms with Gasteiger partial charge in [0.15, 0.2) is 0 Å². The summed E-state index contributed by atoms with van der Waals surface area (Å²) in [6.07, 6.45) is 0.515. The van der Waals surface area contributed by atoms with Crippen LogP contribution < -0.4 is 16.0 Å². The molecule has 0 unspecified atom stereocenters. The molecule has 0 aliphatic heterocycles. The van der Waals surface area contributed by atoms with E-state index in [2.05, 4.69) is 41.2 Å². The maximum Gasteiger partial charge on any atom is 0.242 e. The third kappa shape index (κ3) is 9.58. The van der Waals surface area contributed by atoms with Crippen LogP contribution in [0.5, 0.6) is 0 Å². The summed E-state index contributed by atoms with van der Waals surface area (Å²) in [5.74, 6) is 0.819. The van der Waals surface area contributed by atoms with Crippen molar-refractivity contribution in [2.45, 2.75) is 12.5 Å². The largest absolute Gasteiger partial charge is 0.357 e. The summed E-state index contributed by atoms with van der Waals surface area (Å²) >= 11 is 8.05. The highest BCUT2D eigenvalue weighted by molar-refractivity contribution is 7.80. The Bertz CT molecular complexity index is 232. The molecule has 0 radical (unpaired) electrons. The number of rotatable bonds is 8. The van der Waals surface area contributed by atoms with Gasteiger partial charge in [0.2, 0.25) is 11.8 Å². The van der Waals surface area contributed by atoms with Crippen molar-refractivity contribution >= 4 is 49.5 Å². The van der Waals surface area contributed by atoms with E-state index in [4.69, 9.17) is 0 Å². The first-order valence-electron chi connectivity index (χ1n) is 5.09. The summed E-state index contributed by atoms with van der Waals surface area (Å²) in [4.78, 5) is 22.8. The number of halogens is 1. The third-order valence-electron chi connectivity index (χ3n) is 1.89. The zero-order valence-corrected chi connectivity index (χ0v) is 12.3. The summed E-state index contributed by atoms with van der Waals surface area (Å²) in [5, 5.41) is 8.04. The van der Waals surface area contributed by atoms with Gasteiger partial charge in [-0.2, -0.15) is 25.3 Å². The molecule has 5 nitrogen and oxygen atoms in total. The van der Waals surface area contributed by atoms with Crippen LogP contribution >= 0.6 is 37.7 Å². The summed E-state index contributed by atoms with van der Waals surface area (Å²) in [7, 11) is 1.54. The topological polar surface area (TPSA) is 70.2 Å². The van der Waals surface area contributed by atoms with Crippen LogP contribution in [0.4, 0.5) is 0 Å². The van der Waals surface area contributed by atoms with Crippen molar-refractivity contribution in [1.29, 1.82) is 0 Å². The fraction of sp³-hybridized carbons (Fsp3) is 0.778. The maximum atomic E-state index is 11.4. The molecule has 8 heteroatoms. The zero-order valence-electron chi connectivity index (χ0n) is 9.73. The monoisotopic (exact) mass is 301 g/mol. The van der Waals surface area contributed by atoms with Crippen LogP contribution in [0.25, 0.3) is 0 Å². The van der Waals surface area contributed by atoms with Crippen LogP contribution in [-0.2, 0) is 9.59 Å². The molecule has 0 heterocycles. The first kappa shape index (κ1) is 19.2. The van der Waals surface area contributed by atoms with E-state index in [1.807, 2.05) is 0 Å². The number of thiol groups is 2. The molecule has 0 aliphatic carbocycles. The molecule has 102 valence electrons. The highest BCUT2D eigenvalue weighted by atomic mass is 35.5. The molecular weight excluding hydrogens is 282 g/mol. The number of hydrogen-bond donors (Lipinski definition) is 5. The summed E-state index contributed by atoms with van der Waals surface area (Å²) in [6.45, 7) is 0.856. The number of carbonyl (C=O) groups excluding carboxylic acids is 2. The molecule has 0 aromatic heterocycles. The molecule has 17 heavy (non-hydrogen) atoms. The van der Waals surface area contributed by atoms with Gasteiger partial charge in [0, 0.05) is 19.3 Å². The predicted molar refractivity (Wildman–Crippen MR) is 78.4 cm³/mol. The van der Waals surface area contributed by atoms with E-state index in [0.717, 1.165) is 0 Å². The van der Waals surface area contributed by atoms with Gasteiger partial charge in [-0.3, -0.25) is 9.59 Å². The zero-order chi connectivity index (χ0) is 12.4. The lowest BCUT2D eigenvalue weighted by molar-refractivity contribution is -0.128. The molecule has 0 aromatic rings. The quantitative estimate of drug-likeness (QED) is 0.309. The molecule has 0 bridgehead atoms. The molecule has 0 fully saturated rings. The van der Waals surface area contributed by atoms with E-state index in [0.29, 0.717) is 24.5 Å². The molecular formula is C9H20ClN3O2S2. The van der Waals surface area contributed by atoms with E-state index in [1.54, 1.807) is 7.05 Å². The number of carbonyl (C=O) groups is 2. The molecule has 0 spiro atoms.